The number of aliphatic carboxylic acids is 1. The zero-order valence-electron chi connectivity index (χ0n) is 8.69. The van der Waals surface area contributed by atoms with Crippen molar-refractivity contribution < 1.29 is 14.7 Å². The van der Waals surface area contributed by atoms with Gasteiger partial charge in [-0.2, -0.15) is 0 Å². The van der Waals surface area contributed by atoms with Crippen LogP contribution in [-0.2, 0) is 9.59 Å². The maximum Gasteiger partial charge on any atom is 0.306 e. The van der Waals surface area contributed by atoms with E-state index < -0.39 is 5.97 Å². The van der Waals surface area contributed by atoms with E-state index >= 15 is 0 Å². The molecule has 3 atom stereocenters. The van der Waals surface area contributed by atoms with Gasteiger partial charge >= 0.3 is 5.97 Å². The summed E-state index contributed by atoms with van der Waals surface area (Å²) in [6.45, 7) is 1.72. The highest BCUT2D eigenvalue weighted by Crippen LogP contribution is 2.31. The molecule has 4 nitrogen and oxygen atoms in total. The first-order valence-corrected chi connectivity index (χ1v) is 5.04. The van der Waals surface area contributed by atoms with Crippen LogP contribution in [0, 0.1) is 24.2 Å². The number of hydrogen-bond donors (Lipinski definition) is 2. The van der Waals surface area contributed by atoms with Crippen LogP contribution in [0.2, 0.25) is 0 Å². The lowest BCUT2D eigenvalue weighted by Crippen LogP contribution is -2.35. The second kappa shape index (κ2) is 4.83. The van der Waals surface area contributed by atoms with Gasteiger partial charge in [-0.05, 0) is 26.2 Å². The molecule has 0 heterocycles. The highest BCUT2D eigenvalue weighted by Gasteiger charge is 2.33. The summed E-state index contributed by atoms with van der Waals surface area (Å²) in [7, 11) is 0. The molecule has 0 aromatic carbocycles. The molecule has 1 aliphatic carbocycles. The predicted molar refractivity (Wildman–Crippen MR) is 54.9 cm³/mol. The molecule has 2 N–H and O–H groups in total. The molecule has 15 heavy (non-hydrogen) atoms. The van der Waals surface area contributed by atoms with Crippen LogP contribution in [-0.4, -0.2) is 23.0 Å². The number of amides is 1. The van der Waals surface area contributed by atoms with E-state index in [4.69, 9.17) is 11.5 Å². The van der Waals surface area contributed by atoms with Crippen molar-refractivity contribution >= 4 is 11.9 Å². The maximum atomic E-state index is 11.6. The van der Waals surface area contributed by atoms with Gasteiger partial charge < -0.3 is 10.4 Å². The van der Waals surface area contributed by atoms with Gasteiger partial charge in [0, 0.05) is 5.92 Å². The lowest BCUT2D eigenvalue weighted by Gasteiger charge is -2.12. The van der Waals surface area contributed by atoms with Crippen molar-refractivity contribution in [3.8, 4) is 12.3 Å². The van der Waals surface area contributed by atoms with Crippen LogP contribution in [0.4, 0.5) is 0 Å². The molecular formula is C11H15NO3. The largest absolute Gasteiger partial charge is 0.481 e. The van der Waals surface area contributed by atoms with Gasteiger partial charge in [-0.25, -0.2) is 0 Å². The summed E-state index contributed by atoms with van der Waals surface area (Å²) < 4.78 is 0. The van der Waals surface area contributed by atoms with Crippen LogP contribution in [0.5, 0.6) is 0 Å². The fourth-order valence-corrected chi connectivity index (χ4v) is 1.82. The van der Waals surface area contributed by atoms with Crippen molar-refractivity contribution in [2.75, 3.05) is 0 Å². The van der Waals surface area contributed by atoms with Gasteiger partial charge in [-0.1, -0.05) is 5.92 Å². The molecule has 0 spiro atoms. The molecule has 1 rings (SSSR count). The van der Waals surface area contributed by atoms with Crippen molar-refractivity contribution in [3.05, 3.63) is 0 Å². The normalized spacial score (nSPS) is 26.7. The maximum absolute atomic E-state index is 11.6. The Hall–Kier alpha value is -1.50. The highest BCUT2D eigenvalue weighted by atomic mass is 16.4. The summed E-state index contributed by atoms with van der Waals surface area (Å²) in [4.78, 5) is 22.3. The molecule has 0 aromatic rings. The molecule has 1 aliphatic rings. The van der Waals surface area contributed by atoms with Crippen LogP contribution < -0.4 is 5.32 Å². The molecular weight excluding hydrogens is 194 g/mol. The summed E-state index contributed by atoms with van der Waals surface area (Å²) in [5.41, 5.74) is 0. The van der Waals surface area contributed by atoms with Crippen molar-refractivity contribution in [2.24, 2.45) is 11.8 Å². The first-order chi connectivity index (χ1) is 7.04. The number of hydrogen-bond acceptors (Lipinski definition) is 2. The number of carboxylic acids is 1. The summed E-state index contributed by atoms with van der Waals surface area (Å²) in [6, 6.07) is -0.290. The van der Waals surface area contributed by atoms with E-state index in [1.807, 2.05) is 0 Å². The van der Waals surface area contributed by atoms with Gasteiger partial charge in [-0.15, -0.1) is 6.42 Å². The molecule has 3 unspecified atom stereocenters. The molecule has 0 bridgehead atoms. The van der Waals surface area contributed by atoms with Crippen LogP contribution in [0.1, 0.15) is 26.2 Å². The minimum atomic E-state index is -0.810. The third-order valence-corrected chi connectivity index (χ3v) is 2.76. The molecule has 82 valence electrons. The third kappa shape index (κ3) is 2.98. The Bertz CT molecular complexity index is 305. The van der Waals surface area contributed by atoms with E-state index in [0.29, 0.717) is 19.3 Å². The predicted octanol–water partition coefficient (Wildman–Crippen LogP) is 0.625. The SMILES string of the molecule is C#CC(C)NC(=O)C1CCC(C(=O)O)C1. The van der Waals surface area contributed by atoms with E-state index in [2.05, 4.69) is 11.2 Å². The molecule has 1 fully saturated rings. The average Bonchev–Trinajstić information content (AvgIpc) is 2.66. The lowest BCUT2D eigenvalue weighted by molar-refractivity contribution is -0.141. The second-order valence-electron chi connectivity index (χ2n) is 3.94. The van der Waals surface area contributed by atoms with Gasteiger partial charge in [0.1, 0.15) is 0 Å². The van der Waals surface area contributed by atoms with E-state index in [1.165, 1.54) is 0 Å². The van der Waals surface area contributed by atoms with Crippen LogP contribution in [0.3, 0.4) is 0 Å². The zero-order chi connectivity index (χ0) is 11.4. The van der Waals surface area contributed by atoms with E-state index in [-0.39, 0.29) is 23.8 Å². The van der Waals surface area contributed by atoms with Gasteiger partial charge in [0.05, 0.1) is 12.0 Å². The molecule has 1 amide bonds. The van der Waals surface area contributed by atoms with E-state index in [9.17, 15) is 9.59 Å². The van der Waals surface area contributed by atoms with Gasteiger partial charge in [0.25, 0.3) is 0 Å². The van der Waals surface area contributed by atoms with E-state index in [0.717, 1.165) is 0 Å². The quantitative estimate of drug-likeness (QED) is 0.670. The third-order valence-electron chi connectivity index (χ3n) is 2.76. The molecule has 0 radical (unpaired) electrons. The Kier molecular flexibility index (Phi) is 3.73. The average molecular weight is 209 g/mol. The zero-order valence-corrected chi connectivity index (χ0v) is 8.69. The smallest absolute Gasteiger partial charge is 0.306 e. The van der Waals surface area contributed by atoms with Crippen LogP contribution >= 0.6 is 0 Å². The Labute approximate surface area is 89.0 Å². The number of rotatable bonds is 3. The number of carbonyl (C=O) groups excluding carboxylic acids is 1. The molecule has 0 saturated heterocycles. The summed E-state index contributed by atoms with van der Waals surface area (Å²) in [5.74, 6) is 0.908. The fourth-order valence-electron chi connectivity index (χ4n) is 1.82. The van der Waals surface area contributed by atoms with Gasteiger partial charge in [-0.3, -0.25) is 9.59 Å². The number of carbonyl (C=O) groups is 2. The van der Waals surface area contributed by atoms with Gasteiger partial charge in [0.15, 0.2) is 0 Å². The number of nitrogens with one attached hydrogen (secondary N) is 1. The Morgan fingerprint density at radius 2 is 2.07 bits per heavy atom. The Balaban J connectivity index is 2.44. The summed E-state index contributed by atoms with van der Waals surface area (Å²) >= 11 is 0. The van der Waals surface area contributed by atoms with E-state index in [1.54, 1.807) is 6.92 Å². The van der Waals surface area contributed by atoms with Crippen molar-refractivity contribution in [1.29, 1.82) is 0 Å². The Morgan fingerprint density at radius 1 is 1.47 bits per heavy atom. The Morgan fingerprint density at radius 3 is 2.53 bits per heavy atom. The summed E-state index contributed by atoms with van der Waals surface area (Å²) in [6.07, 6.45) is 6.78. The first-order valence-electron chi connectivity index (χ1n) is 5.04. The summed E-state index contributed by atoms with van der Waals surface area (Å²) in [5, 5.41) is 11.4. The van der Waals surface area contributed by atoms with Crippen molar-refractivity contribution in [1.82, 2.24) is 5.32 Å². The minimum Gasteiger partial charge on any atom is -0.481 e. The molecule has 0 aliphatic heterocycles. The molecule has 0 aromatic heterocycles. The van der Waals surface area contributed by atoms with Crippen molar-refractivity contribution in [3.63, 3.8) is 0 Å². The monoisotopic (exact) mass is 209 g/mol. The second-order valence-corrected chi connectivity index (χ2v) is 3.94. The molecule has 1 saturated carbocycles. The highest BCUT2D eigenvalue weighted by molar-refractivity contribution is 5.81. The van der Waals surface area contributed by atoms with Crippen LogP contribution in [0.15, 0.2) is 0 Å². The lowest BCUT2D eigenvalue weighted by atomic mass is 10.0. The van der Waals surface area contributed by atoms with Crippen molar-refractivity contribution in [2.45, 2.75) is 32.2 Å². The standard InChI is InChI=1S/C11H15NO3/c1-3-7(2)12-10(13)8-4-5-9(6-8)11(14)15/h1,7-9H,4-6H2,2H3,(H,12,13)(H,14,15). The number of carboxylic acid groups (broad SMARTS) is 1. The number of terminal acetylenes is 1. The topological polar surface area (TPSA) is 66.4 Å². The fraction of sp³-hybridized carbons (Fsp3) is 0.636. The van der Waals surface area contributed by atoms with Crippen LogP contribution in [0.25, 0.3) is 0 Å². The molecule has 4 heteroatoms. The minimum absolute atomic E-state index is 0.121. The first kappa shape index (κ1) is 11.6. The van der Waals surface area contributed by atoms with Gasteiger partial charge in [0.2, 0.25) is 5.91 Å².